The summed E-state index contributed by atoms with van der Waals surface area (Å²) >= 11 is 0. The smallest absolute Gasteiger partial charge is 0.261 e. The number of imidazole rings is 1. The van der Waals surface area contributed by atoms with Gasteiger partial charge >= 0.3 is 0 Å². The number of ether oxygens (including phenoxy) is 1. The number of nitrogens with one attached hydrogen (secondary N) is 2. The number of halogens is 1. The van der Waals surface area contributed by atoms with E-state index < -0.39 is 6.10 Å². The molecule has 25 heavy (non-hydrogen) atoms. The molecule has 2 aromatic carbocycles. The number of aromatic amines is 1. The van der Waals surface area contributed by atoms with Gasteiger partial charge in [-0.25, -0.2) is 9.37 Å². The van der Waals surface area contributed by atoms with Crippen LogP contribution in [-0.4, -0.2) is 27.1 Å². The summed E-state index contributed by atoms with van der Waals surface area (Å²) in [5, 5.41) is 11.8. The van der Waals surface area contributed by atoms with Crippen LogP contribution in [0.4, 0.5) is 4.39 Å². The van der Waals surface area contributed by atoms with Crippen LogP contribution in [0.1, 0.15) is 18.3 Å². The Morgan fingerprint density at radius 2 is 2.20 bits per heavy atom. The summed E-state index contributed by atoms with van der Waals surface area (Å²) in [4.78, 5) is 19.4. The number of hydrogen-bond donors (Lipinski definition) is 3. The number of aliphatic hydroxyl groups is 1. The Bertz CT molecular complexity index is 894. The predicted octanol–water partition coefficient (Wildman–Crippen LogP) is 2.28. The normalized spacial score (nSPS) is 12.1. The van der Waals surface area contributed by atoms with Gasteiger partial charge in [0.2, 0.25) is 0 Å². The SMILES string of the molecule is CC(Oc1cccc(CO)c1)C(=O)NCc1nc2ccc(F)cc2[nH]1. The summed E-state index contributed by atoms with van der Waals surface area (Å²) in [6.07, 6.45) is -0.712. The van der Waals surface area contributed by atoms with Crippen molar-refractivity contribution in [1.82, 2.24) is 15.3 Å². The van der Waals surface area contributed by atoms with Crippen molar-refractivity contribution in [1.29, 1.82) is 0 Å². The van der Waals surface area contributed by atoms with Gasteiger partial charge in [-0.1, -0.05) is 12.1 Å². The minimum atomic E-state index is -0.712. The van der Waals surface area contributed by atoms with E-state index in [0.29, 0.717) is 28.2 Å². The van der Waals surface area contributed by atoms with Gasteiger partial charge < -0.3 is 20.1 Å². The molecule has 3 aromatic rings. The number of nitrogens with zero attached hydrogens (tertiary/aromatic N) is 1. The first-order valence-electron chi connectivity index (χ1n) is 7.83. The molecule has 3 rings (SSSR count). The zero-order valence-corrected chi connectivity index (χ0v) is 13.6. The summed E-state index contributed by atoms with van der Waals surface area (Å²) < 4.78 is 18.8. The standard InChI is InChI=1S/C18H18FN3O3/c1-11(25-14-4-2-3-12(7-14)10-23)18(24)20-9-17-21-15-6-5-13(19)8-16(15)22-17/h2-8,11,23H,9-10H2,1H3,(H,20,24)(H,21,22). The molecule has 1 unspecified atom stereocenters. The van der Waals surface area contributed by atoms with Crippen molar-refractivity contribution in [3.63, 3.8) is 0 Å². The van der Waals surface area contributed by atoms with E-state index in [9.17, 15) is 9.18 Å². The fourth-order valence-corrected chi connectivity index (χ4v) is 2.41. The van der Waals surface area contributed by atoms with Gasteiger partial charge in [-0.2, -0.15) is 0 Å². The molecular formula is C18H18FN3O3. The van der Waals surface area contributed by atoms with E-state index in [0.717, 1.165) is 0 Å². The number of amides is 1. The lowest BCUT2D eigenvalue weighted by Gasteiger charge is -2.14. The average Bonchev–Trinajstić information content (AvgIpc) is 3.01. The molecule has 3 N–H and O–H groups in total. The Hall–Kier alpha value is -2.93. The fraction of sp³-hybridized carbons (Fsp3) is 0.222. The number of rotatable bonds is 6. The molecule has 1 amide bonds. The first kappa shape index (κ1) is 16.9. The number of aliphatic hydroxyl groups excluding tert-OH is 1. The largest absolute Gasteiger partial charge is 0.481 e. The van der Waals surface area contributed by atoms with Gasteiger partial charge in [-0.3, -0.25) is 4.79 Å². The van der Waals surface area contributed by atoms with Crippen molar-refractivity contribution in [3.8, 4) is 5.75 Å². The van der Waals surface area contributed by atoms with Crippen molar-refractivity contribution in [3.05, 3.63) is 59.7 Å². The quantitative estimate of drug-likeness (QED) is 0.641. The number of benzene rings is 2. The lowest BCUT2D eigenvalue weighted by atomic mass is 10.2. The van der Waals surface area contributed by atoms with Crippen LogP contribution >= 0.6 is 0 Å². The van der Waals surface area contributed by atoms with E-state index in [1.165, 1.54) is 12.1 Å². The second-order valence-electron chi connectivity index (χ2n) is 5.63. The third-order valence-electron chi connectivity index (χ3n) is 3.69. The van der Waals surface area contributed by atoms with Crippen molar-refractivity contribution in [2.75, 3.05) is 0 Å². The van der Waals surface area contributed by atoms with Crippen LogP contribution in [-0.2, 0) is 17.9 Å². The van der Waals surface area contributed by atoms with Gasteiger partial charge in [-0.15, -0.1) is 0 Å². The van der Waals surface area contributed by atoms with Crippen molar-refractivity contribution >= 4 is 16.9 Å². The van der Waals surface area contributed by atoms with Crippen molar-refractivity contribution in [2.45, 2.75) is 26.2 Å². The third kappa shape index (κ3) is 4.13. The monoisotopic (exact) mass is 343 g/mol. The Morgan fingerprint density at radius 1 is 1.36 bits per heavy atom. The van der Waals surface area contributed by atoms with Gasteiger partial charge in [0.15, 0.2) is 6.10 Å². The molecular weight excluding hydrogens is 325 g/mol. The Kier molecular flexibility index (Phi) is 4.95. The Labute approximate surface area is 143 Å². The topological polar surface area (TPSA) is 87.2 Å². The molecule has 0 aliphatic rings. The lowest BCUT2D eigenvalue weighted by Crippen LogP contribution is -2.36. The summed E-state index contributed by atoms with van der Waals surface area (Å²) in [7, 11) is 0. The highest BCUT2D eigenvalue weighted by molar-refractivity contribution is 5.81. The van der Waals surface area contributed by atoms with Gasteiger partial charge in [0, 0.05) is 0 Å². The van der Waals surface area contributed by atoms with Crippen LogP contribution in [0.25, 0.3) is 11.0 Å². The van der Waals surface area contributed by atoms with E-state index in [1.54, 1.807) is 37.3 Å². The number of carbonyl (C=O) groups excluding carboxylic acids is 1. The molecule has 1 atom stereocenters. The predicted molar refractivity (Wildman–Crippen MR) is 90.4 cm³/mol. The highest BCUT2D eigenvalue weighted by Crippen LogP contribution is 2.15. The molecule has 130 valence electrons. The summed E-state index contributed by atoms with van der Waals surface area (Å²) in [5.74, 6) is 0.386. The van der Waals surface area contributed by atoms with E-state index in [1.807, 2.05) is 0 Å². The number of H-pyrrole nitrogens is 1. The fourth-order valence-electron chi connectivity index (χ4n) is 2.41. The van der Waals surface area contributed by atoms with Crippen molar-refractivity contribution < 1.29 is 19.0 Å². The molecule has 1 aromatic heterocycles. The second kappa shape index (κ2) is 7.31. The molecule has 0 aliphatic carbocycles. The van der Waals surface area contributed by atoms with Crippen LogP contribution in [0.5, 0.6) is 5.75 Å². The first-order chi connectivity index (χ1) is 12.0. The Morgan fingerprint density at radius 3 is 3.00 bits per heavy atom. The van der Waals surface area contributed by atoms with E-state index in [2.05, 4.69) is 15.3 Å². The summed E-state index contributed by atoms with van der Waals surface area (Å²) in [6.45, 7) is 1.72. The maximum atomic E-state index is 13.2. The van der Waals surface area contributed by atoms with Gasteiger partial charge in [0.05, 0.1) is 24.2 Å². The van der Waals surface area contributed by atoms with Crippen LogP contribution in [0, 0.1) is 5.82 Å². The highest BCUT2D eigenvalue weighted by atomic mass is 19.1. The van der Waals surface area contributed by atoms with Crippen LogP contribution in [0.15, 0.2) is 42.5 Å². The van der Waals surface area contributed by atoms with E-state index >= 15 is 0 Å². The zero-order chi connectivity index (χ0) is 17.8. The van der Waals surface area contributed by atoms with Crippen molar-refractivity contribution in [2.24, 2.45) is 0 Å². The minimum absolute atomic E-state index is 0.0928. The molecule has 6 nitrogen and oxygen atoms in total. The van der Waals surface area contributed by atoms with Crippen LogP contribution < -0.4 is 10.1 Å². The molecule has 0 spiro atoms. The molecule has 7 heteroatoms. The van der Waals surface area contributed by atoms with Gasteiger partial charge in [0.1, 0.15) is 17.4 Å². The molecule has 0 saturated heterocycles. The minimum Gasteiger partial charge on any atom is -0.481 e. The molecule has 0 aliphatic heterocycles. The third-order valence-corrected chi connectivity index (χ3v) is 3.69. The van der Waals surface area contributed by atoms with E-state index in [4.69, 9.17) is 9.84 Å². The number of hydrogen-bond acceptors (Lipinski definition) is 4. The second-order valence-corrected chi connectivity index (χ2v) is 5.63. The van der Waals surface area contributed by atoms with E-state index in [-0.39, 0.29) is 24.9 Å². The van der Waals surface area contributed by atoms with Gasteiger partial charge in [0.25, 0.3) is 5.91 Å². The maximum absolute atomic E-state index is 13.2. The zero-order valence-electron chi connectivity index (χ0n) is 13.6. The van der Waals surface area contributed by atoms with Crippen LogP contribution in [0.3, 0.4) is 0 Å². The molecule has 0 saturated carbocycles. The number of aromatic nitrogens is 2. The summed E-state index contributed by atoms with van der Waals surface area (Å²) in [6, 6.07) is 11.2. The first-order valence-corrected chi connectivity index (χ1v) is 7.83. The molecule has 0 radical (unpaired) electrons. The molecule has 0 bridgehead atoms. The highest BCUT2D eigenvalue weighted by Gasteiger charge is 2.15. The molecule has 0 fully saturated rings. The van der Waals surface area contributed by atoms with Crippen LogP contribution in [0.2, 0.25) is 0 Å². The Balaban J connectivity index is 1.58. The molecule has 1 heterocycles. The summed E-state index contributed by atoms with van der Waals surface area (Å²) in [5.41, 5.74) is 1.92. The lowest BCUT2D eigenvalue weighted by molar-refractivity contribution is -0.127. The average molecular weight is 343 g/mol. The maximum Gasteiger partial charge on any atom is 0.261 e. The van der Waals surface area contributed by atoms with Gasteiger partial charge in [-0.05, 0) is 42.8 Å². The number of carbonyl (C=O) groups is 1. The number of fused-ring (bicyclic) bond motifs is 1.